The summed E-state index contributed by atoms with van der Waals surface area (Å²) in [5.74, 6) is -0.0976. The van der Waals surface area contributed by atoms with E-state index in [0.29, 0.717) is 32.0 Å². The molecular weight excluding hydrogens is 286 g/mol. The van der Waals surface area contributed by atoms with Crippen LogP contribution in [-0.4, -0.2) is 46.3 Å². The van der Waals surface area contributed by atoms with Gasteiger partial charge in [-0.05, 0) is 13.8 Å². The molecule has 1 aliphatic rings. The van der Waals surface area contributed by atoms with Crippen LogP contribution in [0.4, 0.5) is 0 Å². The molecule has 8 heteroatoms. The lowest BCUT2D eigenvalue weighted by Crippen LogP contribution is -2.51. The first-order valence-electron chi connectivity index (χ1n) is 7.23. The first-order valence-corrected chi connectivity index (χ1v) is 7.23. The number of amides is 1. The van der Waals surface area contributed by atoms with E-state index < -0.39 is 0 Å². The van der Waals surface area contributed by atoms with Gasteiger partial charge in [-0.15, -0.1) is 0 Å². The summed E-state index contributed by atoms with van der Waals surface area (Å²) in [6, 6.07) is 1.13. The maximum atomic E-state index is 12.1. The third-order valence-electron chi connectivity index (χ3n) is 3.88. The number of H-pyrrole nitrogens is 1. The van der Waals surface area contributed by atoms with Crippen LogP contribution in [0.5, 0.6) is 0 Å². The van der Waals surface area contributed by atoms with Crippen molar-refractivity contribution in [2.75, 3.05) is 19.8 Å². The summed E-state index contributed by atoms with van der Waals surface area (Å²) in [6.45, 7) is 5.80. The van der Waals surface area contributed by atoms with Crippen molar-refractivity contribution in [1.82, 2.24) is 25.2 Å². The molecule has 0 aromatic carbocycles. The Labute approximate surface area is 126 Å². The lowest BCUT2D eigenvalue weighted by molar-refractivity contribution is -0.126. The van der Waals surface area contributed by atoms with Gasteiger partial charge in [0.15, 0.2) is 5.65 Å². The molecule has 22 heavy (non-hydrogen) atoms. The van der Waals surface area contributed by atoms with E-state index in [9.17, 15) is 9.59 Å². The third-order valence-corrected chi connectivity index (χ3v) is 3.88. The second-order valence-corrected chi connectivity index (χ2v) is 5.37. The lowest BCUT2D eigenvalue weighted by atomic mass is 10.1. The second-order valence-electron chi connectivity index (χ2n) is 5.37. The number of hydrogen-bond acceptors (Lipinski definition) is 5. The highest BCUT2D eigenvalue weighted by atomic mass is 16.5. The first-order chi connectivity index (χ1) is 10.6. The van der Waals surface area contributed by atoms with Crippen molar-refractivity contribution >= 4 is 11.6 Å². The van der Waals surface area contributed by atoms with Crippen LogP contribution in [-0.2, 0) is 16.1 Å². The molecule has 1 atom stereocenters. The SMILES string of the molecule is Cc1nc2cc(=O)[nH]n2c(C)c1CNC(=O)C1COCCN1. The standard InChI is InChI=1S/C14H19N5O3/c1-8-10(6-16-14(21)11-7-22-4-3-15-11)9(2)19-12(17-8)5-13(20)18-19/h5,11,15H,3-4,6-7H2,1-2H3,(H,16,21)(H,18,20). The Balaban J connectivity index is 1.78. The number of carbonyl (C=O) groups is 1. The molecule has 0 aliphatic carbocycles. The molecule has 1 saturated heterocycles. The van der Waals surface area contributed by atoms with Crippen LogP contribution in [0.2, 0.25) is 0 Å². The van der Waals surface area contributed by atoms with Crippen molar-refractivity contribution < 1.29 is 9.53 Å². The van der Waals surface area contributed by atoms with Crippen LogP contribution in [0, 0.1) is 13.8 Å². The number of fused-ring (bicyclic) bond motifs is 1. The van der Waals surface area contributed by atoms with Crippen LogP contribution in [0.25, 0.3) is 5.65 Å². The summed E-state index contributed by atoms with van der Waals surface area (Å²) in [6.07, 6.45) is 0. The number of nitrogens with zero attached hydrogens (tertiary/aromatic N) is 2. The Bertz CT molecular complexity index is 758. The van der Waals surface area contributed by atoms with Crippen LogP contribution in [0.1, 0.15) is 17.0 Å². The van der Waals surface area contributed by atoms with E-state index in [0.717, 1.165) is 17.0 Å². The fraction of sp³-hybridized carbons (Fsp3) is 0.500. The number of aromatic amines is 1. The van der Waals surface area contributed by atoms with E-state index in [1.165, 1.54) is 6.07 Å². The zero-order chi connectivity index (χ0) is 15.7. The Hall–Kier alpha value is -2.19. The van der Waals surface area contributed by atoms with Crippen molar-refractivity contribution in [2.45, 2.75) is 26.4 Å². The molecule has 3 heterocycles. The largest absolute Gasteiger partial charge is 0.378 e. The van der Waals surface area contributed by atoms with Gasteiger partial charge in [0, 0.05) is 36.1 Å². The van der Waals surface area contributed by atoms with Gasteiger partial charge in [-0.2, -0.15) is 0 Å². The van der Waals surface area contributed by atoms with E-state index in [-0.39, 0.29) is 17.5 Å². The average molecular weight is 305 g/mol. The molecule has 2 aromatic heterocycles. The molecule has 1 unspecified atom stereocenters. The smallest absolute Gasteiger partial charge is 0.266 e. The highest BCUT2D eigenvalue weighted by molar-refractivity contribution is 5.82. The van der Waals surface area contributed by atoms with Gasteiger partial charge in [-0.25, -0.2) is 9.50 Å². The quantitative estimate of drug-likeness (QED) is 0.692. The Morgan fingerprint density at radius 1 is 1.55 bits per heavy atom. The fourth-order valence-corrected chi connectivity index (χ4v) is 2.64. The number of aromatic nitrogens is 3. The van der Waals surface area contributed by atoms with E-state index >= 15 is 0 Å². The maximum absolute atomic E-state index is 12.1. The highest BCUT2D eigenvalue weighted by Crippen LogP contribution is 2.12. The molecule has 0 bridgehead atoms. The molecule has 1 aliphatic heterocycles. The van der Waals surface area contributed by atoms with Gasteiger partial charge in [0.05, 0.1) is 13.2 Å². The minimum Gasteiger partial charge on any atom is -0.378 e. The number of hydrogen-bond donors (Lipinski definition) is 3. The molecule has 1 fully saturated rings. The zero-order valence-corrected chi connectivity index (χ0v) is 12.6. The topological polar surface area (TPSA) is 101 Å². The minimum atomic E-state index is -0.322. The molecule has 0 spiro atoms. The highest BCUT2D eigenvalue weighted by Gasteiger charge is 2.21. The van der Waals surface area contributed by atoms with Gasteiger partial charge in [0.2, 0.25) is 5.91 Å². The number of aryl methyl sites for hydroxylation is 2. The fourth-order valence-electron chi connectivity index (χ4n) is 2.64. The first kappa shape index (κ1) is 14.7. The predicted octanol–water partition coefficient (Wildman–Crippen LogP) is -0.756. The molecule has 3 rings (SSSR count). The molecular formula is C14H19N5O3. The molecule has 3 N–H and O–H groups in total. The summed E-state index contributed by atoms with van der Waals surface area (Å²) in [5, 5.41) is 8.71. The van der Waals surface area contributed by atoms with Crippen molar-refractivity contribution in [3.8, 4) is 0 Å². The number of carbonyl (C=O) groups excluding carboxylic acids is 1. The van der Waals surface area contributed by atoms with Gasteiger partial charge in [0.25, 0.3) is 5.56 Å². The minimum absolute atomic E-state index is 0.0976. The summed E-state index contributed by atoms with van der Waals surface area (Å²) < 4.78 is 6.92. The van der Waals surface area contributed by atoms with Crippen molar-refractivity contribution in [1.29, 1.82) is 0 Å². The second kappa shape index (κ2) is 5.90. The Morgan fingerprint density at radius 3 is 3.09 bits per heavy atom. The van der Waals surface area contributed by atoms with E-state index in [4.69, 9.17) is 4.74 Å². The van der Waals surface area contributed by atoms with Gasteiger partial charge >= 0.3 is 0 Å². The predicted molar refractivity (Wildman–Crippen MR) is 79.7 cm³/mol. The van der Waals surface area contributed by atoms with Crippen LogP contribution >= 0.6 is 0 Å². The molecule has 2 aromatic rings. The number of nitrogens with one attached hydrogen (secondary N) is 3. The monoisotopic (exact) mass is 305 g/mol. The number of morpholine rings is 1. The molecule has 0 saturated carbocycles. The maximum Gasteiger partial charge on any atom is 0.266 e. The van der Waals surface area contributed by atoms with Crippen molar-refractivity contribution in [3.63, 3.8) is 0 Å². The molecule has 0 radical (unpaired) electrons. The van der Waals surface area contributed by atoms with Gasteiger partial charge < -0.3 is 15.4 Å². The van der Waals surface area contributed by atoms with Crippen LogP contribution in [0.3, 0.4) is 0 Å². The molecule has 8 nitrogen and oxygen atoms in total. The number of ether oxygens (including phenoxy) is 1. The lowest BCUT2D eigenvalue weighted by Gasteiger charge is -2.23. The summed E-state index contributed by atoms with van der Waals surface area (Å²) in [4.78, 5) is 27.9. The molecule has 118 valence electrons. The zero-order valence-electron chi connectivity index (χ0n) is 12.6. The van der Waals surface area contributed by atoms with Crippen molar-refractivity contribution in [2.24, 2.45) is 0 Å². The number of rotatable bonds is 3. The van der Waals surface area contributed by atoms with Gasteiger partial charge in [-0.3, -0.25) is 14.7 Å². The van der Waals surface area contributed by atoms with Gasteiger partial charge in [0.1, 0.15) is 6.04 Å². The summed E-state index contributed by atoms with van der Waals surface area (Å²) in [7, 11) is 0. The Kier molecular flexibility index (Phi) is 3.95. The van der Waals surface area contributed by atoms with Crippen LogP contribution < -0.4 is 16.2 Å². The third kappa shape index (κ3) is 2.75. The van der Waals surface area contributed by atoms with Gasteiger partial charge in [-0.1, -0.05) is 0 Å². The van der Waals surface area contributed by atoms with E-state index in [2.05, 4.69) is 20.7 Å². The average Bonchev–Trinajstić information content (AvgIpc) is 2.88. The molecule has 1 amide bonds. The Morgan fingerprint density at radius 2 is 2.36 bits per heavy atom. The van der Waals surface area contributed by atoms with E-state index in [1.54, 1.807) is 4.52 Å². The van der Waals surface area contributed by atoms with E-state index in [1.807, 2.05) is 13.8 Å². The normalized spacial score (nSPS) is 18.5. The summed E-state index contributed by atoms with van der Waals surface area (Å²) >= 11 is 0. The summed E-state index contributed by atoms with van der Waals surface area (Å²) in [5.41, 5.74) is 2.93. The van der Waals surface area contributed by atoms with Crippen LogP contribution in [0.15, 0.2) is 10.9 Å². The van der Waals surface area contributed by atoms with Crippen molar-refractivity contribution in [3.05, 3.63) is 33.4 Å².